The van der Waals surface area contributed by atoms with Gasteiger partial charge in [-0.25, -0.2) is 0 Å². The van der Waals surface area contributed by atoms with Crippen molar-refractivity contribution < 1.29 is 0 Å². The molecule has 0 heterocycles. The first-order chi connectivity index (χ1) is 11.8. The van der Waals surface area contributed by atoms with Crippen molar-refractivity contribution in [3.05, 3.63) is 119 Å². The van der Waals surface area contributed by atoms with Gasteiger partial charge in [-0.15, -0.1) is 0 Å². The van der Waals surface area contributed by atoms with Gasteiger partial charge in [-0.1, -0.05) is 97.1 Å². The molecule has 3 aromatic rings. The number of hydrogen-bond donors (Lipinski definition) is 0. The van der Waals surface area contributed by atoms with Gasteiger partial charge in [0.25, 0.3) is 0 Å². The van der Waals surface area contributed by atoms with Gasteiger partial charge < -0.3 is 0 Å². The van der Waals surface area contributed by atoms with Crippen LogP contribution in [0.4, 0.5) is 0 Å². The Labute approximate surface area is 141 Å². The standard InChI is InChI=1S/C23H18O/c24-23-21-15-9-7-5-3-1-2-4-6-8-10-16-22(23)18-20-14-12-11-13-19(20)17-21/h1-18H. The Kier molecular flexibility index (Phi) is 5.16. The van der Waals surface area contributed by atoms with E-state index in [1.54, 1.807) is 0 Å². The average Bonchev–Trinajstić information content (AvgIpc) is 2.73. The highest BCUT2D eigenvalue weighted by molar-refractivity contribution is 5.89. The number of benzene rings is 1. The van der Waals surface area contributed by atoms with Crippen molar-refractivity contribution in [2.45, 2.75) is 0 Å². The van der Waals surface area contributed by atoms with Crippen molar-refractivity contribution in [2.75, 3.05) is 0 Å². The summed E-state index contributed by atoms with van der Waals surface area (Å²) in [6, 6.07) is 35.0. The molecule has 116 valence electrons. The Morgan fingerprint density at radius 1 is 0.375 bits per heavy atom. The van der Waals surface area contributed by atoms with Crippen LogP contribution in [0.2, 0.25) is 0 Å². The van der Waals surface area contributed by atoms with Crippen molar-refractivity contribution >= 4 is 21.5 Å². The maximum Gasteiger partial charge on any atom is 0.193 e. The molecule has 0 saturated carbocycles. The average molecular weight is 310 g/mol. The van der Waals surface area contributed by atoms with E-state index in [0.29, 0.717) is 10.8 Å². The maximum atomic E-state index is 12.8. The summed E-state index contributed by atoms with van der Waals surface area (Å²) in [5.41, 5.74) is 0.0291. The SMILES string of the molecule is O=c1c2ccccccccccccc1cc1ccccc1c2. The minimum absolute atomic E-state index is 0.0291. The molecule has 3 aromatic carbocycles. The Morgan fingerprint density at radius 2 is 0.667 bits per heavy atom. The molecular formula is C23H18O. The van der Waals surface area contributed by atoms with Crippen LogP contribution >= 0.6 is 0 Å². The summed E-state index contributed by atoms with van der Waals surface area (Å²) in [5.74, 6) is 0. The first-order valence-electron chi connectivity index (χ1n) is 7.93. The Morgan fingerprint density at radius 3 is 1.08 bits per heavy atom. The highest BCUT2D eigenvalue weighted by Gasteiger charge is 1.96. The summed E-state index contributed by atoms with van der Waals surface area (Å²) >= 11 is 0. The number of rotatable bonds is 0. The van der Waals surface area contributed by atoms with E-state index in [1.165, 1.54) is 0 Å². The van der Waals surface area contributed by atoms with Crippen LogP contribution in [-0.2, 0) is 0 Å². The molecular weight excluding hydrogens is 292 g/mol. The van der Waals surface area contributed by atoms with Gasteiger partial charge in [-0.2, -0.15) is 0 Å². The summed E-state index contributed by atoms with van der Waals surface area (Å²) in [6.45, 7) is 0. The van der Waals surface area contributed by atoms with Crippen LogP contribution in [0.1, 0.15) is 0 Å². The molecule has 2 bridgehead atoms. The summed E-state index contributed by atoms with van der Waals surface area (Å²) in [4.78, 5) is 12.8. The molecule has 0 unspecified atom stereocenters. The summed E-state index contributed by atoms with van der Waals surface area (Å²) in [7, 11) is 0. The van der Waals surface area contributed by atoms with Crippen LogP contribution in [0.25, 0.3) is 21.5 Å². The molecule has 1 heteroatoms. The van der Waals surface area contributed by atoms with Gasteiger partial charge in [0, 0.05) is 10.8 Å². The fraction of sp³-hybridized carbons (Fsp3) is 0. The molecule has 0 spiro atoms. The van der Waals surface area contributed by atoms with E-state index < -0.39 is 0 Å². The summed E-state index contributed by atoms with van der Waals surface area (Å²) in [5, 5.41) is 3.47. The van der Waals surface area contributed by atoms with Gasteiger partial charge in [0.05, 0.1) is 0 Å². The molecule has 3 rings (SSSR count). The molecule has 0 aliphatic carbocycles. The monoisotopic (exact) mass is 310 g/mol. The van der Waals surface area contributed by atoms with Crippen molar-refractivity contribution in [3.8, 4) is 0 Å². The van der Waals surface area contributed by atoms with Crippen molar-refractivity contribution in [1.82, 2.24) is 0 Å². The minimum Gasteiger partial charge on any atom is -0.289 e. The zero-order chi connectivity index (χ0) is 16.6. The predicted molar refractivity (Wildman–Crippen MR) is 103 cm³/mol. The highest BCUT2D eigenvalue weighted by atomic mass is 16.1. The number of fused-ring (bicyclic) bond motifs is 3. The zero-order valence-electron chi connectivity index (χ0n) is 13.3. The van der Waals surface area contributed by atoms with Gasteiger partial charge in [0.1, 0.15) is 0 Å². The quantitative estimate of drug-likeness (QED) is 0.528. The van der Waals surface area contributed by atoms with E-state index in [4.69, 9.17) is 0 Å². The molecule has 0 aliphatic heterocycles. The van der Waals surface area contributed by atoms with Crippen LogP contribution in [0.3, 0.4) is 0 Å². The van der Waals surface area contributed by atoms with Crippen LogP contribution in [0.5, 0.6) is 0 Å². The lowest BCUT2D eigenvalue weighted by Crippen LogP contribution is -1.95. The smallest absolute Gasteiger partial charge is 0.193 e. The Balaban J connectivity index is 2.45. The van der Waals surface area contributed by atoms with Crippen LogP contribution in [0.15, 0.2) is 114 Å². The third kappa shape index (κ3) is 3.96. The van der Waals surface area contributed by atoms with E-state index in [1.807, 2.05) is 109 Å². The molecule has 0 amide bonds. The highest BCUT2D eigenvalue weighted by Crippen LogP contribution is 2.14. The lowest BCUT2D eigenvalue weighted by molar-refractivity contribution is 1.76. The number of hydrogen-bond acceptors (Lipinski definition) is 1. The van der Waals surface area contributed by atoms with E-state index >= 15 is 0 Å². The largest absolute Gasteiger partial charge is 0.289 e. The van der Waals surface area contributed by atoms with Gasteiger partial charge in [0.2, 0.25) is 0 Å². The van der Waals surface area contributed by atoms with Crippen molar-refractivity contribution in [2.24, 2.45) is 0 Å². The lowest BCUT2D eigenvalue weighted by Gasteiger charge is -1.89. The third-order valence-electron chi connectivity index (χ3n) is 3.69. The predicted octanol–water partition coefficient (Wildman–Crippen LogP) is 5.60. The van der Waals surface area contributed by atoms with E-state index in [-0.39, 0.29) is 5.43 Å². The second-order valence-electron chi connectivity index (χ2n) is 5.42. The Bertz CT molecular complexity index is 954. The van der Waals surface area contributed by atoms with Crippen LogP contribution in [-0.4, -0.2) is 0 Å². The second-order valence-corrected chi connectivity index (χ2v) is 5.42. The van der Waals surface area contributed by atoms with E-state index in [9.17, 15) is 4.79 Å². The first kappa shape index (κ1) is 15.7. The van der Waals surface area contributed by atoms with Gasteiger partial charge in [0.15, 0.2) is 5.43 Å². The van der Waals surface area contributed by atoms with Crippen molar-refractivity contribution in [3.63, 3.8) is 0 Å². The van der Waals surface area contributed by atoms with Gasteiger partial charge >= 0.3 is 0 Å². The van der Waals surface area contributed by atoms with E-state index in [2.05, 4.69) is 0 Å². The molecule has 0 radical (unpaired) electrons. The van der Waals surface area contributed by atoms with E-state index in [0.717, 1.165) is 10.8 Å². The zero-order valence-corrected chi connectivity index (χ0v) is 13.3. The lowest BCUT2D eigenvalue weighted by atomic mass is 10.2. The molecule has 24 heavy (non-hydrogen) atoms. The van der Waals surface area contributed by atoms with Gasteiger partial charge in [-0.3, -0.25) is 4.79 Å². The molecule has 0 aliphatic rings. The maximum absolute atomic E-state index is 12.8. The molecule has 0 saturated heterocycles. The molecule has 0 aromatic heterocycles. The fourth-order valence-electron chi connectivity index (χ4n) is 2.49. The topological polar surface area (TPSA) is 17.1 Å². The molecule has 0 fully saturated rings. The normalized spacial score (nSPS) is 9.83. The molecule has 0 atom stereocenters. The first-order valence-corrected chi connectivity index (χ1v) is 7.93. The minimum atomic E-state index is 0.0291. The van der Waals surface area contributed by atoms with Gasteiger partial charge in [-0.05, 0) is 22.9 Å². The van der Waals surface area contributed by atoms with Crippen molar-refractivity contribution in [1.29, 1.82) is 0 Å². The second kappa shape index (κ2) is 7.89. The van der Waals surface area contributed by atoms with Crippen LogP contribution < -0.4 is 5.43 Å². The Hall–Kier alpha value is -3.19. The third-order valence-corrected chi connectivity index (χ3v) is 3.69. The molecule has 1 nitrogen and oxygen atoms in total. The van der Waals surface area contributed by atoms with Crippen LogP contribution in [0, 0.1) is 0 Å². The summed E-state index contributed by atoms with van der Waals surface area (Å²) < 4.78 is 0. The summed E-state index contributed by atoms with van der Waals surface area (Å²) in [6.07, 6.45) is 0. The molecule has 0 N–H and O–H groups in total. The fourth-order valence-corrected chi connectivity index (χ4v) is 2.49.